The van der Waals surface area contributed by atoms with Gasteiger partial charge in [-0.2, -0.15) is 4.98 Å². The van der Waals surface area contributed by atoms with Gasteiger partial charge < -0.3 is 25.4 Å². The smallest absolute Gasteiger partial charge is 0.227 e. The summed E-state index contributed by atoms with van der Waals surface area (Å²) in [6, 6.07) is 3.99. The Labute approximate surface area is 170 Å². The van der Waals surface area contributed by atoms with Crippen LogP contribution in [0.25, 0.3) is 10.9 Å². The third-order valence-electron chi connectivity index (χ3n) is 6.07. The van der Waals surface area contributed by atoms with E-state index in [9.17, 15) is 4.79 Å². The van der Waals surface area contributed by atoms with E-state index in [-0.39, 0.29) is 11.8 Å². The second-order valence-corrected chi connectivity index (χ2v) is 7.88. The number of nitrogens with zero attached hydrogens (tertiary/aromatic N) is 3. The zero-order valence-corrected chi connectivity index (χ0v) is 17.1. The molecule has 0 bridgehead atoms. The van der Waals surface area contributed by atoms with Crippen LogP contribution in [0.4, 0.5) is 11.8 Å². The molecule has 156 valence electrons. The average Bonchev–Trinajstić information content (AvgIpc) is 3.25. The largest absolute Gasteiger partial charge is 0.493 e. The van der Waals surface area contributed by atoms with E-state index in [0.717, 1.165) is 44.2 Å². The Morgan fingerprint density at radius 2 is 1.72 bits per heavy atom. The molecule has 4 rings (SSSR count). The number of fused-ring (bicyclic) bond motifs is 1. The molecule has 29 heavy (non-hydrogen) atoms. The van der Waals surface area contributed by atoms with Crippen molar-refractivity contribution in [2.75, 3.05) is 37.9 Å². The lowest BCUT2D eigenvalue weighted by Crippen LogP contribution is -2.43. The number of nitrogens with two attached hydrogens (primary N) is 1. The average molecular weight is 399 g/mol. The Balaban J connectivity index is 1.47. The fraction of sp³-hybridized carbons (Fsp3) is 0.571. The fourth-order valence-corrected chi connectivity index (χ4v) is 4.34. The number of anilines is 2. The van der Waals surface area contributed by atoms with E-state index < -0.39 is 0 Å². The summed E-state index contributed by atoms with van der Waals surface area (Å²) in [4.78, 5) is 23.9. The van der Waals surface area contributed by atoms with E-state index in [0.29, 0.717) is 34.8 Å². The number of carbonyl (C=O) groups is 1. The van der Waals surface area contributed by atoms with Gasteiger partial charge in [-0.25, -0.2) is 4.98 Å². The second-order valence-electron chi connectivity index (χ2n) is 7.88. The predicted molar refractivity (Wildman–Crippen MR) is 112 cm³/mol. The molecule has 2 fully saturated rings. The molecule has 2 aromatic rings. The molecule has 1 saturated heterocycles. The number of nitrogen functional groups attached to an aromatic ring is 1. The Kier molecular flexibility index (Phi) is 5.60. The summed E-state index contributed by atoms with van der Waals surface area (Å²) in [5.74, 6) is 2.47. The van der Waals surface area contributed by atoms with E-state index in [1.54, 1.807) is 20.3 Å². The van der Waals surface area contributed by atoms with Gasteiger partial charge >= 0.3 is 0 Å². The molecule has 8 nitrogen and oxygen atoms in total. The van der Waals surface area contributed by atoms with Crippen molar-refractivity contribution in [1.29, 1.82) is 0 Å². The molecule has 3 N–H and O–H groups in total. The van der Waals surface area contributed by atoms with Gasteiger partial charge in [-0.15, -0.1) is 0 Å². The van der Waals surface area contributed by atoms with Crippen LogP contribution in [0, 0.1) is 5.92 Å². The van der Waals surface area contributed by atoms with E-state index in [1.165, 1.54) is 12.8 Å². The number of hydrogen-bond acceptors (Lipinski definition) is 7. The van der Waals surface area contributed by atoms with Gasteiger partial charge in [0.15, 0.2) is 11.5 Å². The van der Waals surface area contributed by atoms with E-state index >= 15 is 0 Å². The number of carbonyl (C=O) groups excluding carboxylic acids is 1. The summed E-state index contributed by atoms with van der Waals surface area (Å²) in [6.07, 6.45) is 6.27. The van der Waals surface area contributed by atoms with Crippen molar-refractivity contribution in [2.24, 2.45) is 5.92 Å². The van der Waals surface area contributed by atoms with Gasteiger partial charge in [0.25, 0.3) is 0 Å². The molecule has 0 spiro atoms. The third-order valence-corrected chi connectivity index (χ3v) is 6.07. The quantitative estimate of drug-likeness (QED) is 0.796. The molecular weight excluding hydrogens is 370 g/mol. The van der Waals surface area contributed by atoms with E-state index in [1.807, 2.05) is 6.07 Å². The second kappa shape index (κ2) is 8.31. The molecule has 1 amide bonds. The highest BCUT2D eigenvalue weighted by Gasteiger charge is 2.28. The Morgan fingerprint density at radius 1 is 1.07 bits per heavy atom. The van der Waals surface area contributed by atoms with E-state index in [4.69, 9.17) is 20.2 Å². The standard InChI is InChI=1S/C21H29N5O3/c1-28-17-11-15-16(12-18(17)29-2)24-21(25-19(15)22)26-9-7-13(8-10-26)20(27)23-14-5-3-4-6-14/h11-14H,3-10H2,1-2H3,(H,23,27)(H2,22,24,25). The maximum atomic E-state index is 12.6. The van der Waals surface area contributed by atoms with Crippen LogP contribution in [0.1, 0.15) is 38.5 Å². The minimum Gasteiger partial charge on any atom is -0.493 e. The van der Waals surface area contributed by atoms with Crippen LogP contribution in [0.15, 0.2) is 12.1 Å². The van der Waals surface area contributed by atoms with Crippen LogP contribution in [-0.2, 0) is 4.79 Å². The van der Waals surface area contributed by atoms with Crippen LogP contribution in [-0.4, -0.2) is 49.2 Å². The number of hydrogen-bond donors (Lipinski definition) is 2. The number of nitrogens with one attached hydrogen (secondary N) is 1. The highest BCUT2D eigenvalue weighted by molar-refractivity contribution is 5.91. The molecule has 8 heteroatoms. The summed E-state index contributed by atoms with van der Waals surface area (Å²) < 4.78 is 10.7. The number of rotatable bonds is 5. The number of aromatic nitrogens is 2. The van der Waals surface area contributed by atoms with Crippen molar-refractivity contribution in [3.8, 4) is 11.5 Å². The van der Waals surface area contributed by atoms with Crippen LogP contribution < -0.4 is 25.4 Å². The molecule has 1 aromatic heterocycles. The van der Waals surface area contributed by atoms with Gasteiger partial charge in [0.1, 0.15) is 5.82 Å². The predicted octanol–water partition coefficient (Wildman–Crippen LogP) is 2.50. The Hall–Kier alpha value is -2.77. The molecular formula is C21H29N5O3. The summed E-state index contributed by atoms with van der Waals surface area (Å²) in [5, 5.41) is 3.96. The summed E-state index contributed by atoms with van der Waals surface area (Å²) >= 11 is 0. The highest BCUT2D eigenvalue weighted by atomic mass is 16.5. The maximum Gasteiger partial charge on any atom is 0.227 e. The molecule has 1 aliphatic carbocycles. The first-order valence-electron chi connectivity index (χ1n) is 10.3. The van der Waals surface area contributed by atoms with Crippen molar-refractivity contribution in [1.82, 2.24) is 15.3 Å². The van der Waals surface area contributed by atoms with Gasteiger partial charge in [0.2, 0.25) is 11.9 Å². The van der Waals surface area contributed by atoms with Gasteiger partial charge in [-0.1, -0.05) is 12.8 Å². The lowest BCUT2D eigenvalue weighted by Gasteiger charge is -2.32. The van der Waals surface area contributed by atoms with Gasteiger partial charge in [0, 0.05) is 36.5 Å². The molecule has 0 radical (unpaired) electrons. The first-order chi connectivity index (χ1) is 14.1. The molecule has 1 aliphatic heterocycles. The number of methoxy groups -OCH3 is 2. The highest BCUT2D eigenvalue weighted by Crippen LogP contribution is 2.34. The van der Waals surface area contributed by atoms with Crippen molar-refractivity contribution in [2.45, 2.75) is 44.6 Å². The monoisotopic (exact) mass is 399 g/mol. The molecule has 2 heterocycles. The zero-order valence-electron chi connectivity index (χ0n) is 17.1. The summed E-state index contributed by atoms with van der Waals surface area (Å²) in [5.41, 5.74) is 6.92. The topological polar surface area (TPSA) is 103 Å². The molecule has 1 saturated carbocycles. The first-order valence-corrected chi connectivity index (χ1v) is 10.3. The molecule has 0 atom stereocenters. The van der Waals surface area contributed by atoms with Crippen molar-refractivity contribution in [3.63, 3.8) is 0 Å². The Bertz CT molecular complexity index is 890. The number of ether oxygens (including phenoxy) is 2. The third kappa shape index (κ3) is 4.02. The van der Waals surface area contributed by atoms with Crippen LogP contribution in [0.2, 0.25) is 0 Å². The fourth-order valence-electron chi connectivity index (χ4n) is 4.34. The first kappa shape index (κ1) is 19.5. The SMILES string of the molecule is COc1cc2nc(N3CCC(C(=O)NC4CCCC4)CC3)nc(N)c2cc1OC. The summed E-state index contributed by atoms with van der Waals surface area (Å²) in [7, 11) is 3.18. The number of amides is 1. The number of benzene rings is 1. The molecule has 1 aromatic carbocycles. The lowest BCUT2D eigenvalue weighted by atomic mass is 9.95. The molecule has 0 unspecified atom stereocenters. The lowest BCUT2D eigenvalue weighted by molar-refractivity contribution is -0.126. The van der Waals surface area contributed by atoms with Crippen molar-refractivity contribution < 1.29 is 14.3 Å². The minimum atomic E-state index is 0.0639. The normalized spacial score (nSPS) is 18.2. The van der Waals surface area contributed by atoms with E-state index in [2.05, 4.69) is 15.2 Å². The Morgan fingerprint density at radius 3 is 2.38 bits per heavy atom. The van der Waals surface area contributed by atoms with Crippen LogP contribution >= 0.6 is 0 Å². The van der Waals surface area contributed by atoms with Gasteiger partial charge in [0.05, 0.1) is 19.7 Å². The van der Waals surface area contributed by atoms with Crippen molar-refractivity contribution in [3.05, 3.63) is 12.1 Å². The van der Waals surface area contributed by atoms with Crippen molar-refractivity contribution >= 4 is 28.6 Å². The number of piperidine rings is 1. The van der Waals surface area contributed by atoms with Crippen LogP contribution in [0.5, 0.6) is 11.5 Å². The zero-order chi connectivity index (χ0) is 20.4. The van der Waals surface area contributed by atoms with Crippen LogP contribution in [0.3, 0.4) is 0 Å². The summed E-state index contributed by atoms with van der Waals surface area (Å²) in [6.45, 7) is 1.47. The molecule has 2 aliphatic rings. The van der Waals surface area contributed by atoms with Gasteiger partial charge in [-0.05, 0) is 31.7 Å². The maximum absolute atomic E-state index is 12.6. The minimum absolute atomic E-state index is 0.0639. The van der Waals surface area contributed by atoms with Gasteiger partial charge in [-0.3, -0.25) is 4.79 Å².